The molecule has 2 N–H and O–H groups in total. The summed E-state index contributed by atoms with van der Waals surface area (Å²) in [7, 11) is 0. The van der Waals surface area contributed by atoms with Crippen LogP contribution in [-0.2, 0) is 5.41 Å². The number of hydrogen-bond acceptors (Lipinski definition) is 5. The fourth-order valence-electron chi connectivity index (χ4n) is 11.3. The molecule has 0 radical (unpaired) electrons. The summed E-state index contributed by atoms with van der Waals surface area (Å²) in [5.41, 5.74) is 20.5. The highest BCUT2D eigenvalue weighted by atomic mass is 16.3. The predicted molar refractivity (Wildman–Crippen MR) is 299 cm³/mol. The fraction of sp³-hybridized carbons (Fsp3) is 0.0149. The molecule has 1 atom stereocenters. The van der Waals surface area contributed by atoms with E-state index in [9.17, 15) is 0 Å². The van der Waals surface area contributed by atoms with Crippen molar-refractivity contribution in [3.05, 3.63) is 283 Å². The first kappa shape index (κ1) is 42.1. The van der Waals surface area contributed by atoms with E-state index >= 15 is 0 Å². The average molecular weight is 936 g/mol. The highest BCUT2D eigenvalue weighted by Crippen LogP contribution is 2.57. The Bertz CT molecular complexity index is 4180. The molecule has 0 aliphatic heterocycles. The molecule has 1 aliphatic carbocycles. The molecule has 0 saturated carbocycles. The second-order valence-corrected chi connectivity index (χ2v) is 18.7. The molecule has 0 fully saturated rings. The van der Waals surface area contributed by atoms with Gasteiger partial charge in [0.2, 0.25) is 5.89 Å². The van der Waals surface area contributed by atoms with E-state index in [0.29, 0.717) is 17.2 Å². The van der Waals surface area contributed by atoms with E-state index in [1.165, 1.54) is 55.2 Å². The quantitative estimate of drug-likeness (QED) is 0.143. The lowest BCUT2D eigenvalue weighted by Gasteiger charge is -2.34. The fourth-order valence-corrected chi connectivity index (χ4v) is 11.3. The topological polar surface area (TPSA) is 67.9 Å². The van der Waals surface area contributed by atoms with Crippen molar-refractivity contribution in [2.45, 2.75) is 5.41 Å². The molecule has 0 saturated heterocycles. The van der Waals surface area contributed by atoms with Crippen LogP contribution in [0.2, 0.25) is 0 Å². The number of aromatic nitrogens is 3. The van der Waals surface area contributed by atoms with E-state index in [4.69, 9.17) is 14.4 Å². The Morgan fingerprint density at radius 2 is 1.01 bits per heavy atom. The van der Waals surface area contributed by atoms with Crippen LogP contribution in [0.25, 0.3) is 83.6 Å². The summed E-state index contributed by atoms with van der Waals surface area (Å²) in [6.45, 7) is 0. The van der Waals surface area contributed by atoms with E-state index in [0.717, 1.165) is 56.2 Å². The number of para-hydroxylation sites is 3. The maximum atomic E-state index is 6.47. The zero-order chi connectivity index (χ0) is 48.3. The van der Waals surface area contributed by atoms with Crippen LogP contribution in [-0.4, -0.2) is 14.5 Å². The number of benzene rings is 10. The van der Waals surface area contributed by atoms with Crippen molar-refractivity contribution in [1.29, 1.82) is 0 Å². The van der Waals surface area contributed by atoms with Crippen molar-refractivity contribution in [2.75, 3.05) is 10.6 Å². The molecule has 0 amide bonds. The third kappa shape index (κ3) is 7.10. The third-order valence-electron chi connectivity index (χ3n) is 14.5. The molecule has 10 aromatic carbocycles. The maximum Gasteiger partial charge on any atom is 0.246 e. The smallest absolute Gasteiger partial charge is 0.246 e. The summed E-state index contributed by atoms with van der Waals surface area (Å²) < 4.78 is 8.83. The van der Waals surface area contributed by atoms with Gasteiger partial charge in [0.05, 0.1) is 28.3 Å². The number of pyridine rings is 1. The van der Waals surface area contributed by atoms with Crippen LogP contribution >= 0.6 is 0 Å². The molecule has 73 heavy (non-hydrogen) atoms. The molecule has 3 heterocycles. The lowest BCUT2D eigenvalue weighted by Crippen LogP contribution is -2.28. The molecule has 14 rings (SSSR count). The van der Waals surface area contributed by atoms with Gasteiger partial charge < -0.3 is 19.6 Å². The summed E-state index contributed by atoms with van der Waals surface area (Å²) >= 11 is 0. The number of oxazole rings is 1. The van der Waals surface area contributed by atoms with Crippen molar-refractivity contribution in [3.8, 4) is 50.7 Å². The molecular weight excluding hydrogens is 891 g/mol. The van der Waals surface area contributed by atoms with Crippen LogP contribution in [0.3, 0.4) is 0 Å². The highest BCUT2D eigenvalue weighted by Gasteiger charge is 2.46. The van der Waals surface area contributed by atoms with E-state index in [1.807, 2.05) is 36.5 Å². The molecule has 1 unspecified atom stereocenters. The first-order valence-corrected chi connectivity index (χ1v) is 24.7. The van der Waals surface area contributed by atoms with Gasteiger partial charge in [-0.2, -0.15) is 0 Å². The van der Waals surface area contributed by atoms with Gasteiger partial charge in [0.25, 0.3) is 0 Å². The number of rotatable bonds is 10. The summed E-state index contributed by atoms with van der Waals surface area (Å²) in [5, 5.41) is 9.81. The van der Waals surface area contributed by atoms with Crippen LogP contribution in [0, 0.1) is 0 Å². The van der Waals surface area contributed by atoms with Crippen LogP contribution < -0.4 is 10.6 Å². The van der Waals surface area contributed by atoms with E-state index in [2.05, 4.69) is 240 Å². The molecule has 13 aromatic rings. The van der Waals surface area contributed by atoms with Crippen molar-refractivity contribution < 1.29 is 4.42 Å². The minimum absolute atomic E-state index is 0.470. The van der Waals surface area contributed by atoms with Crippen molar-refractivity contribution in [3.63, 3.8) is 0 Å². The Kier molecular flexibility index (Phi) is 9.96. The lowest BCUT2D eigenvalue weighted by molar-refractivity contribution is 0.617. The molecule has 1 aliphatic rings. The first-order valence-electron chi connectivity index (χ1n) is 24.7. The average Bonchev–Trinajstić information content (AvgIpc) is 4.18. The van der Waals surface area contributed by atoms with E-state index < -0.39 is 5.41 Å². The Morgan fingerprint density at radius 3 is 1.85 bits per heavy atom. The van der Waals surface area contributed by atoms with Crippen LogP contribution in [0.5, 0.6) is 0 Å². The second kappa shape index (κ2) is 17.3. The molecular formula is C67H45N5O. The number of nitrogens with one attached hydrogen (secondary N) is 2. The third-order valence-corrected chi connectivity index (χ3v) is 14.5. The molecule has 0 spiro atoms. The number of anilines is 4. The van der Waals surface area contributed by atoms with Gasteiger partial charge in [0, 0.05) is 39.1 Å². The Hall–Kier alpha value is -9.78. The molecule has 6 heteroatoms. The second-order valence-electron chi connectivity index (χ2n) is 18.7. The van der Waals surface area contributed by atoms with E-state index in [1.54, 1.807) is 0 Å². The first-order chi connectivity index (χ1) is 36.2. The minimum Gasteiger partial charge on any atom is -0.435 e. The largest absolute Gasteiger partial charge is 0.435 e. The Labute approximate surface area is 422 Å². The van der Waals surface area contributed by atoms with Crippen molar-refractivity contribution in [2.24, 2.45) is 0 Å². The summed E-state index contributed by atoms with van der Waals surface area (Å²) in [4.78, 5) is 9.94. The summed E-state index contributed by atoms with van der Waals surface area (Å²) in [6, 6.07) is 90.7. The SMILES string of the molecule is c1ccc(-c2ccc(Nc3ccc(-c4nc5c(-c6cccc(C7(c8ccccc8)c8ccccc8-c8ccc(Nc9ccc%10c%11ccccc%11n(-c%11ccccc%11)c%10c9)cc87)c6)cccc5o4)nc3)cc2)cc1. The van der Waals surface area contributed by atoms with Crippen LogP contribution in [0.1, 0.15) is 22.3 Å². The van der Waals surface area contributed by atoms with Gasteiger partial charge in [-0.1, -0.05) is 176 Å². The molecule has 344 valence electrons. The molecule has 6 nitrogen and oxygen atoms in total. The predicted octanol–water partition coefficient (Wildman–Crippen LogP) is 17.2. The molecule has 3 aromatic heterocycles. The number of hydrogen-bond donors (Lipinski definition) is 2. The van der Waals surface area contributed by atoms with Crippen molar-refractivity contribution >= 4 is 55.7 Å². The number of nitrogens with zero attached hydrogens (tertiary/aromatic N) is 3. The molecule has 0 bridgehead atoms. The summed E-state index contributed by atoms with van der Waals surface area (Å²) in [6.07, 6.45) is 1.82. The Morgan fingerprint density at radius 1 is 0.397 bits per heavy atom. The normalized spacial score (nSPS) is 13.8. The van der Waals surface area contributed by atoms with Crippen molar-refractivity contribution in [1.82, 2.24) is 14.5 Å². The Balaban J connectivity index is 0.831. The number of fused-ring (bicyclic) bond motifs is 7. The van der Waals surface area contributed by atoms with Gasteiger partial charge in [0.15, 0.2) is 5.58 Å². The van der Waals surface area contributed by atoms with Gasteiger partial charge in [0.1, 0.15) is 11.2 Å². The monoisotopic (exact) mass is 935 g/mol. The van der Waals surface area contributed by atoms with E-state index in [-0.39, 0.29) is 0 Å². The van der Waals surface area contributed by atoms with Gasteiger partial charge >= 0.3 is 0 Å². The maximum absolute atomic E-state index is 6.47. The zero-order valence-corrected chi connectivity index (χ0v) is 39.6. The van der Waals surface area contributed by atoms with Crippen LogP contribution in [0.4, 0.5) is 22.7 Å². The van der Waals surface area contributed by atoms with Gasteiger partial charge in [-0.3, -0.25) is 0 Å². The zero-order valence-electron chi connectivity index (χ0n) is 39.6. The minimum atomic E-state index is -0.642. The lowest BCUT2D eigenvalue weighted by atomic mass is 9.67. The van der Waals surface area contributed by atoms with Gasteiger partial charge in [-0.25, -0.2) is 9.97 Å². The highest BCUT2D eigenvalue weighted by molar-refractivity contribution is 6.10. The van der Waals surface area contributed by atoms with Gasteiger partial charge in [-0.15, -0.1) is 0 Å². The van der Waals surface area contributed by atoms with Gasteiger partial charge in [-0.05, 0) is 129 Å². The standard InChI is InChI=1S/C67H45N5O/c1-4-16-44(17-5-1)45-30-32-49(33-31-45)69-52-36-39-61(68-43-52)66-71-65-54(26-15-29-64(65)73-66)46-18-14-21-48(40-46)67(47-19-6-2-7-20-47)59-27-12-10-24-55(59)56-37-34-50(41-60(56)67)70-51-35-38-58-57-25-11-13-28-62(57)72(63(58)42-51)53-22-8-3-9-23-53/h1-43,69-70H. The summed E-state index contributed by atoms with van der Waals surface area (Å²) in [5.74, 6) is 0.470. The van der Waals surface area contributed by atoms with Crippen LogP contribution in [0.15, 0.2) is 265 Å².